The van der Waals surface area contributed by atoms with Crippen molar-refractivity contribution in [2.45, 2.75) is 18.9 Å². The molecule has 0 N–H and O–H groups in total. The van der Waals surface area contributed by atoms with Crippen LogP contribution in [0.25, 0.3) is 0 Å². The largest absolute Gasteiger partial charge is 0.357 e. The highest BCUT2D eigenvalue weighted by atomic mass is 35.5. The molecule has 1 aromatic rings. The standard InChI is InChI=1S/C9H12N2.ClH/c1-11(8-5-6-8)9-4-2-3-7-10-9;/h2-4,7-8H,5-6H2,1H3;1H. The van der Waals surface area contributed by atoms with Crippen LogP contribution in [0, 0.1) is 0 Å². The molecule has 66 valence electrons. The molecule has 1 heterocycles. The second-order valence-electron chi connectivity index (χ2n) is 3.03. The summed E-state index contributed by atoms with van der Waals surface area (Å²) in [6.07, 6.45) is 4.49. The van der Waals surface area contributed by atoms with E-state index in [1.807, 2.05) is 18.3 Å². The molecule has 0 spiro atoms. The quantitative estimate of drug-likeness (QED) is 0.700. The van der Waals surface area contributed by atoms with Gasteiger partial charge in [-0.2, -0.15) is 0 Å². The topological polar surface area (TPSA) is 16.1 Å². The summed E-state index contributed by atoms with van der Waals surface area (Å²) in [5.41, 5.74) is 0. The van der Waals surface area contributed by atoms with Gasteiger partial charge in [-0.25, -0.2) is 4.98 Å². The van der Waals surface area contributed by atoms with Gasteiger partial charge in [0.15, 0.2) is 0 Å². The molecule has 1 saturated carbocycles. The van der Waals surface area contributed by atoms with Gasteiger partial charge in [0, 0.05) is 19.3 Å². The van der Waals surface area contributed by atoms with Crippen molar-refractivity contribution in [2.75, 3.05) is 11.9 Å². The Bertz CT molecular complexity index is 234. The van der Waals surface area contributed by atoms with Crippen molar-refractivity contribution in [3.63, 3.8) is 0 Å². The van der Waals surface area contributed by atoms with E-state index in [-0.39, 0.29) is 12.4 Å². The maximum Gasteiger partial charge on any atom is 0.128 e. The Kier molecular flexibility index (Phi) is 2.93. The molecule has 0 radical (unpaired) electrons. The lowest BCUT2D eigenvalue weighted by molar-refractivity contribution is 0.892. The summed E-state index contributed by atoms with van der Waals surface area (Å²) >= 11 is 0. The van der Waals surface area contributed by atoms with E-state index < -0.39 is 0 Å². The van der Waals surface area contributed by atoms with Crippen LogP contribution < -0.4 is 4.90 Å². The minimum atomic E-state index is 0. The second-order valence-corrected chi connectivity index (χ2v) is 3.03. The molecule has 1 aliphatic carbocycles. The number of rotatable bonds is 2. The fourth-order valence-electron chi connectivity index (χ4n) is 1.21. The van der Waals surface area contributed by atoms with E-state index >= 15 is 0 Å². The fourth-order valence-corrected chi connectivity index (χ4v) is 1.21. The second kappa shape index (κ2) is 3.76. The zero-order valence-electron chi connectivity index (χ0n) is 7.10. The van der Waals surface area contributed by atoms with Crippen molar-refractivity contribution in [2.24, 2.45) is 0 Å². The van der Waals surface area contributed by atoms with Crippen LogP contribution >= 0.6 is 12.4 Å². The highest BCUT2D eigenvalue weighted by molar-refractivity contribution is 5.85. The Balaban J connectivity index is 0.000000720. The summed E-state index contributed by atoms with van der Waals surface area (Å²) in [4.78, 5) is 6.52. The summed E-state index contributed by atoms with van der Waals surface area (Å²) < 4.78 is 0. The van der Waals surface area contributed by atoms with Crippen molar-refractivity contribution in [1.82, 2.24) is 4.98 Å². The maximum absolute atomic E-state index is 4.27. The molecule has 3 heteroatoms. The number of anilines is 1. The number of nitrogens with zero attached hydrogens (tertiary/aromatic N) is 2. The van der Waals surface area contributed by atoms with Crippen LogP contribution in [-0.2, 0) is 0 Å². The van der Waals surface area contributed by atoms with Gasteiger partial charge in [0.05, 0.1) is 0 Å². The summed E-state index contributed by atoms with van der Waals surface area (Å²) in [6, 6.07) is 6.79. The van der Waals surface area contributed by atoms with E-state index in [1.54, 1.807) is 0 Å². The average molecular weight is 185 g/mol. The normalized spacial score (nSPS) is 15.1. The van der Waals surface area contributed by atoms with Gasteiger partial charge in [-0.15, -0.1) is 12.4 Å². The lowest BCUT2D eigenvalue weighted by Gasteiger charge is -2.16. The molecule has 2 rings (SSSR count). The summed E-state index contributed by atoms with van der Waals surface area (Å²) in [7, 11) is 2.11. The Hall–Kier alpha value is -0.760. The van der Waals surface area contributed by atoms with Crippen molar-refractivity contribution in [1.29, 1.82) is 0 Å². The zero-order valence-corrected chi connectivity index (χ0v) is 7.92. The molecule has 1 fully saturated rings. The molecule has 0 amide bonds. The number of aromatic nitrogens is 1. The van der Waals surface area contributed by atoms with Crippen LogP contribution in [-0.4, -0.2) is 18.1 Å². The summed E-state index contributed by atoms with van der Waals surface area (Å²) in [5, 5.41) is 0. The first kappa shape index (κ1) is 9.33. The average Bonchev–Trinajstić information content (AvgIpc) is 2.87. The van der Waals surface area contributed by atoms with Gasteiger partial charge in [-0.1, -0.05) is 6.07 Å². The molecule has 0 bridgehead atoms. The van der Waals surface area contributed by atoms with Gasteiger partial charge in [0.1, 0.15) is 5.82 Å². The SMILES string of the molecule is CN(c1ccccn1)C1CC1.Cl. The third-order valence-electron chi connectivity index (χ3n) is 2.11. The third-order valence-corrected chi connectivity index (χ3v) is 2.11. The molecular weight excluding hydrogens is 172 g/mol. The van der Waals surface area contributed by atoms with Gasteiger partial charge in [0.2, 0.25) is 0 Å². The Morgan fingerprint density at radius 2 is 2.17 bits per heavy atom. The van der Waals surface area contributed by atoms with E-state index in [1.165, 1.54) is 12.8 Å². The van der Waals surface area contributed by atoms with Gasteiger partial charge >= 0.3 is 0 Å². The van der Waals surface area contributed by atoms with Crippen molar-refractivity contribution < 1.29 is 0 Å². The summed E-state index contributed by atoms with van der Waals surface area (Å²) in [6.45, 7) is 0. The van der Waals surface area contributed by atoms with Crippen LogP contribution in [0.2, 0.25) is 0 Å². The molecule has 1 aromatic heterocycles. The first-order chi connectivity index (χ1) is 5.38. The Labute approximate surface area is 79.0 Å². The molecule has 0 atom stereocenters. The van der Waals surface area contributed by atoms with Crippen molar-refractivity contribution in [3.8, 4) is 0 Å². The predicted octanol–water partition coefficient (Wildman–Crippen LogP) is 2.10. The molecular formula is C9H13ClN2. The first-order valence-corrected chi connectivity index (χ1v) is 4.02. The Morgan fingerprint density at radius 3 is 2.67 bits per heavy atom. The molecule has 12 heavy (non-hydrogen) atoms. The predicted molar refractivity (Wildman–Crippen MR) is 52.9 cm³/mol. The van der Waals surface area contributed by atoms with Gasteiger partial charge in [0.25, 0.3) is 0 Å². The molecule has 0 unspecified atom stereocenters. The summed E-state index contributed by atoms with van der Waals surface area (Å²) in [5.74, 6) is 1.09. The van der Waals surface area contributed by atoms with E-state index in [2.05, 4.69) is 23.0 Å². The lowest BCUT2D eigenvalue weighted by Crippen LogP contribution is -2.20. The van der Waals surface area contributed by atoms with Gasteiger partial charge in [-0.05, 0) is 25.0 Å². The molecule has 0 aromatic carbocycles. The van der Waals surface area contributed by atoms with Crippen molar-refractivity contribution in [3.05, 3.63) is 24.4 Å². The van der Waals surface area contributed by atoms with Gasteiger partial charge in [-0.3, -0.25) is 0 Å². The molecule has 1 aliphatic rings. The highest BCUT2D eigenvalue weighted by Gasteiger charge is 2.26. The van der Waals surface area contributed by atoms with Crippen molar-refractivity contribution >= 4 is 18.2 Å². The van der Waals surface area contributed by atoms with Crippen LogP contribution in [0.15, 0.2) is 24.4 Å². The van der Waals surface area contributed by atoms with E-state index in [0.29, 0.717) is 0 Å². The minimum Gasteiger partial charge on any atom is -0.357 e. The van der Waals surface area contributed by atoms with Gasteiger partial charge < -0.3 is 4.90 Å². The zero-order chi connectivity index (χ0) is 7.68. The number of pyridine rings is 1. The van der Waals surface area contributed by atoms with E-state index in [0.717, 1.165) is 11.9 Å². The number of hydrogen-bond donors (Lipinski definition) is 0. The first-order valence-electron chi connectivity index (χ1n) is 4.02. The van der Waals surface area contributed by atoms with Crippen LogP contribution in [0.4, 0.5) is 5.82 Å². The highest BCUT2D eigenvalue weighted by Crippen LogP contribution is 2.28. The third kappa shape index (κ3) is 1.89. The molecule has 0 aliphatic heterocycles. The lowest BCUT2D eigenvalue weighted by atomic mass is 10.4. The van der Waals surface area contributed by atoms with E-state index in [4.69, 9.17) is 0 Å². The van der Waals surface area contributed by atoms with Crippen LogP contribution in [0.5, 0.6) is 0 Å². The Morgan fingerprint density at radius 1 is 1.42 bits per heavy atom. The van der Waals surface area contributed by atoms with Crippen LogP contribution in [0.3, 0.4) is 0 Å². The van der Waals surface area contributed by atoms with Crippen LogP contribution in [0.1, 0.15) is 12.8 Å². The molecule has 0 saturated heterocycles. The smallest absolute Gasteiger partial charge is 0.128 e. The number of halogens is 1. The monoisotopic (exact) mass is 184 g/mol. The van der Waals surface area contributed by atoms with E-state index in [9.17, 15) is 0 Å². The minimum absolute atomic E-state index is 0. The fraction of sp³-hybridized carbons (Fsp3) is 0.444. The molecule has 2 nitrogen and oxygen atoms in total. The maximum atomic E-state index is 4.27. The number of hydrogen-bond acceptors (Lipinski definition) is 2.